The Labute approximate surface area is 113 Å². The summed E-state index contributed by atoms with van der Waals surface area (Å²) in [5.74, 6) is 0. The number of carbonyl (C=O) groups excluding carboxylic acids is 1. The number of benzene rings is 1. The standard InChI is InChI=1S/C14H19N3O2/c1-17(9-3-2-4-10-18)14(19)16-13-7-5-12(11-15)6-8-13/h5-8,18H,2-4,9-10H2,1H3,(H,16,19). The number of carbonyl (C=O) groups is 1. The van der Waals surface area contributed by atoms with Crippen molar-refractivity contribution in [2.45, 2.75) is 19.3 Å². The summed E-state index contributed by atoms with van der Waals surface area (Å²) in [6.45, 7) is 0.850. The van der Waals surface area contributed by atoms with Crippen LogP contribution in [-0.4, -0.2) is 36.2 Å². The number of nitrogens with zero attached hydrogens (tertiary/aromatic N) is 2. The fraction of sp³-hybridized carbons (Fsp3) is 0.429. The van der Waals surface area contributed by atoms with Gasteiger partial charge in [-0.15, -0.1) is 0 Å². The maximum absolute atomic E-state index is 11.8. The van der Waals surface area contributed by atoms with Gasteiger partial charge in [-0.3, -0.25) is 0 Å². The molecular formula is C14H19N3O2. The van der Waals surface area contributed by atoms with Crippen LogP contribution in [0.2, 0.25) is 0 Å². The molecule has 1 aromatic rings. The van der Waals surface area contributed by atoms with Crippen LogP contribution in [0.5, 0.6) is 0 Å². The molecule has 0 fully saturated rings. The number of aliphatic hydroxyl groups is 1. The zero-order valence-corrected chi connectivity index (χ0v) is 11.1. The van der Waals surface area contributed by atoms with E-state index in [1.807, 2.05) is 6.07 Å². The predicted molar refractivity (Wildman–Crippen MR) is 73.7 cm³/mol. The van der Waals surface area contributed by atoms with Gasteiger partial charge in [-0.25, -0.2) is 4.79 Å². The first-order valence-electron chi connectivity index (χ1n) is 6.30. The number of urea groups is 1. The second kappa shape index (κ2) is 8.11. The minimum atomic E-state index is -0.172. The number of nitriles is 1. The normalized spacial score (nSPS) is 9.74. The van der Waals surface area contributed by atoms with Crippen molar-refractivity contribution >= 4 is 11.7 Å². The van der Waals surface area contributed by atoms with E-state index in [1.165, 1.54) is 0 Å². The van der Waals surface area contributed by atoms with Gasteiger partial charge >= 0.3 is 6.03 Å². The molecule has 0 radical (unpaired) electrons. The van der Waals surface area contributed by atoms with E-state index >= 15 is 0 Å². The number of hydrogen-bond donors (Lipinski definition) is 2. The Hall–Kier alpha value is -2.06. The molecule has 1 rings (SSSR count). The number of hydrogen-bond acceptors (Lipinski definition) is 3. The summed E-state index contributed by atoms with van der Waals surface area (Å²) in [6, 6.07) is 8.59. The van der Waals surface area contributed by atoms with E-state index in [9.17, 15) is 4.79 Å². The van der Waals surface area contributed by atoms with E-state index in [4.69, 9.17) is 10.4 Å². The molecule has 2 amide bonds. The zero-order valence-electron chi connectivity index (χ0n) is 11.1. The molecule has 0 saturated carbocycles. The number of amides is 2. The Bertz CT molecular complexity index is 437. The van der Waals surface area contributed by atoms with Crippen LogP contribution >= 0.6 is 0 Å². The van der Waals surface area contributed by atoms with Gasteiger partial charge in [-0.05, 0) is 43.5 Å². The number of rotatable bonds is 6. The van der Waals surface area contributed by atoms with E-state index in [-0.39, 0.29) is 12.6 Å². The fourth-order valence-electron chi connectivity index (χ4n) is 1.59. The van der Waals surface area contributed by atoms with Gasteiger partial charge in [0, 0.05) is 25.9 Å². The van der Waals surface area contributed by atoms with Crippen molar-refractivity contribution in [3.8, 4) is 6.07 Å². The topological polar surface area (TPSA) is 76.4 Å². The van der Waals surface area contributed by atoms with Gasteiger partial charge in [-0.2, -0.15) is 5.26 Å². The van der Waals surface area contributed by atoms with E-state index < -0.39 is 0 Å². The van der Waals surface area contributed by atoms with E-state index in [0.29, 0.717) is 17.8 Å². The van der Waals surface area contributed by atoms with Crippen molar-refractivity contribution < 1.29 is 9.90 Å². The summed E-state index contributed by atoms with van der Waals surface area (Å²) in [5, 5.41) is 20.1. The van der Waals surface area contributed by atoms with Crippen molar-refractivity contribution in [2.24, 2.45) is 0 Å². The van der Waals surface area contributed by atoms with Crippen LogP contribution in [0.25, 0.3) is 0 Å². The second-order valence-electron chi connectivity index (χ2n) is 4.33. The molecule has 0 spiro atoms. The lowest BCUT2D eigenvalue weighted by molar-refractivity contribution is 0.220. The third kappa shape index (κ3) is 5.40. The smallest absolute Gasteiger partial charge is 0.321 e. The lowest BCUT2D eigenvalue weighted by Crippen LogP contribution is -2.32. The highest BCUT2D eigenvalue weighted by atomic mass is 16.2. The van der Waals surface area contributed by atoms with Crippen LogP contribution in [-0.2, 0) is 0 Å². The maximum Gasteiger partial charge on any atom is 0.321 e. The summed E-state index contributed by atoms with van der Waals surface area (Å²) in [6.07, 6.45) is 2.55. The second-order valence-corrected chi connectivity index (χ2v) is 4.33. The summed E-state index contributed by atoms with van der Waals surface area (Å²) >= 11 is 0. The molecule has 0 aliphatic rings. The first-order valence-corrected chi connectivity index (χ1v) is 6.30. The quantitative estimate of drug-likeness (QED) is 0.771. The van der Waals surface area contributed by atoms with Crippen LogP contribution in [0, 0.1) is 11.3 Å². The summed E-state index contributed by atoms with van der Waals surface area (Å²) in [5.41, 5.74) is 1.24. The van der Waals surface area contributed by atoms with Crippen LogP contribution in [0.3, 0.4) is 0 Å². The number of aliphatic hydroxyl groups excluding tert-OH is 1. The molecule has 0 heterocycles. The first kappa shape index (κ1) is 15.0. The molecule has 19 heavy (non-hydrogen) atoms. The molecular weight excluding hydrogens is 242 g/mol. The van der Waals surface area contributed by atoms with Gasteiger partial charge in [0.25, 0.3) is 0 Å². The van der Waals surface area contributed by atoms with E-state index in [2.05, 4.69) is 5.32 Å². The SMILES string of the molecule is CN(CCCCCO)C(=O)Nc1ccc(C#N)cc1. The highest BCUT2D eigenvalue weighted by Crippen LogP contribution is 2.09. The molecule has 0 saturated heterocycles. The van der Waals surface area contributed by atoms with Crippen molar-refractivity contribution in [2.75, 3.05) is 25.5 Å². The Morgan fingerprint density at radius 2 is 2.00 bits per heavy atom. The predicted octanol–water partition coefficient (Wildman–Crippen LogP) is 2.18. The Kier molecular flexibility index (Phi) is 6.41. The number of unbranched alkanes of at least 4 members (excludes halogenated alkanes) is 2. The third-order valence-corrected chi connectivity index (χ3v) is 2.76. The Morgan fingerprint density at radius 3 is 2.58 bits per heavy atom. The van der Waals surface area contributed by atoms with Crippen LogP contribution in [0.4, 0.5) is 10.5 Å². The molecule has 1 aromatic carbocycles. The Balaban J connectivity index is 2.38. The van der Waals surface area contributed by atoms with Crippen molar-refractivity contribution in [3.05, 3.63) is 29.8 Å². The molecule has 5 heteroatoms. The maximum atomic E-state index is 11.8. The van der Waals surface area contributed by atoms with Gasteiger partial charge < -0.3 is 15.3 Å². The van der Waals surface area contributed by atoms with Crippen molar-refractivity contribution in [1.82, 2.24) is 4.90 Å². The van der Waals surface area contributed by atoms with Gasteiger partial charge in [0.05, 0.1) is 11.6 Å². The summed E-state index contributed by atoms with van der Waals surface area (Å²) < 4.78 is 0. The zero-order chi connectivity index (χ0) is 14.1. The first-order chi connectivity index (χ1) is 9.17. The van der Waals surface area contributed by atoms with Gasteiger partial charge in [0.1, 0.15) is 0 Å². The average molecular weight is 261 g/mol. The van der Waals surface area contributed by atoms with Crippen LogP contribution < -0.4 is 5.32 Å². The Morgan fingerprint density at radius 1 is 1.32 bits per heavy atom. The fourth-order valence-corrected chi connectivity index (χ4v) is 1.59. The highest BCUT2D eigenvalue weighted by molar-refractivity contribution is 5.89. The molecule has 5 nitrogen and oxygen atoms in total. The minimum Gasteiger partial charge on any atom is -0.396 e. The molecule has 0 aliphatic carbocycles. The third-order valence-electron chi connectivity index (χ3n) is 2.76. The number of anilines is 1. The average Bonchev–Trinajstić information content (AvgIpc) is 2.44. The molecule has 0 aromatic heterocycles. The molecule has 102 valence electrons. The van der Waals surface area contributed by atoms with Gasteiger partial charge in [0.2, 0.25) is 0 Å². The lowest BCUT2D eigenvalue weighted by atomic mass is 10.2. The lowest BCUT2D eigenvalue weighted by Gasteiger charge is -2.17. The summed E-state index contributed by atoms with van der Waals surface area (Å²) in [4.78, 5) is 13.4. The molecule has 0 atom stereocenters. The molecule has 0 aliphatic heterocycles. The van der Waals surface area contributed by atoms with Crippen LogP contribution in [0.1, 0.15) is 24.8 Å². The minimum absolute atomic E-state index is 0.172. The number of nitrogens with one attached hydrogen (secondary N) is 1. The van der Waals surface area contributed by atoms with Crippen LogP contribution in [0.15, 0.2) is 24.3 Å². The summed E-state index contributed by atoms with van der Waals surface area (Å²) in [7, 11) is 1.73. The van der Waals surface area contributed by atoms with Gasteiger partial charge in [-0.1, -0.05) is 0 Å². The van der Waals surface area contributed by atoms with E-state index in [1.54, 1.807) is 36.2 Å². The van der Waals surface area contributed by atoms with Crippen molar-refractivity contribution in [1.29, 1.82) is 5.26 Å². The highest BCUT2D eigenvalue weighted by Gasteiger charge is 2.07. The van der Waals surface area contributed by atoms with E-state index in [0.717, 1.165) is 19.3 Å². The molecule has 0 bridgehead atoms. The van der Waals surface area contributed by atoms with Gasteiger partial charge in [0.15, 0.2) is 0 Å². The van der Waals surface area contributed by atoms with Crippen molar-refractivity contribution in [3.63, 3.8) is 0 Å². The molecule has 0 unspecified atom stereocenters. The molecule has 2 N–H and O–H groups in total. The largest absolute Gasteiger partial charge is 0.396 e. The monoisotopic (exact) mass is 261 g/mol.